The monoisotopic (exact) mass is 393 g/mol. The predicted molar refractivity (Wildman–Crippen MR) is 98.8 cm³/mol. The van der Waals surface area contributed by atoms with Gasteiger partial charge in [0.25, 0.3) is 0 Å². The third kappa shape index (κ3) is 5.83. The Kier molecular flexibility index (Phi) is 6.40. The van der Waals surface area contributed by atoms with Crippen molar-refractivity contribution in [2.24, 2.45) is 0 Å². The van der Waals surface area contributed by atoms with Gasteiger partial charge in [-0.3, -0.25) is 14.4 Å². The van der Waals surface area contributed by atoms with Gasteiger partial charge in [-0.05, 0) is 42.5 Å². The average Bonchev–Trinajstić information content (AvgIpc) is 2.58. The minimum atomic E-state index is -4.49. The minimum Gasteiger partial charge on any atom is -0.326 e. The molecule has 0 spiro atoms. The number of hydrogen-bond donors (Lipinski definition) is 2. The molecule has 0 fully saturated rings. The first kappa shape index (κ1) is 20.9. The number of rotatable bonds is 5. The number of carbonyl (C=O) groups excluding carboxylic acids is 3. The number of nitrogens with one attached hydrogen (secondary N) is 2. The van der Waals surface area contributed by atoms with Crippen molar-refractivity contribution in [3.05, 3.63) is 54.1 Å². The Balaban J connectivity index is 2.11. The van der Waals surface area contributed by atoms with Crippen LogP contribution in [0.4, 0.5) is 30.2 Å². The molecule has 0 aliphatic rings. The molecule has 2 rings (SSSR count). The molecule has 2 N–H and O–H groups in total. The highest BCUT2D eigenvalue weighted by molar-refractivity contribution is 6.02. The normalized spacial score (nSPS) is 10.9. The zero-order valence-corrected chi connectivity index (χ0v) is 15.1. The summed E-state index contributed by atoms with van der Waals surface area (Å²) >= 11 is 0. The molecule has 0 aliphatic heterocycles. The molecule has 0 atom stereocenters. The number of benzene rings is 2. The lowest BCUT2D eigenvalue weighted by Crippen LogP contribution is -2.36. The van der Waals surface area contributed by atoms with Crippen LogP contribution in [0.2, 0.25) is 0 Å². The Morgan fingerprint density at radius 3 is 2.00 bits per heavy atom. The lowest BCUT2D eigenvalue weighted by Gasteiger charge is -2.21. The molecule has 0 heterocycles. The molecule has 0 bridgehead atoms. The van der Waals surface area contributed by atoms with E-state index in [4.69, 9.17) is 0 Å². The average molecular weight is 393 g/mol. The van der Waals surface area contributed by atoms with Crippen LogP contribution in [0, 0.1) is 0 Å². The number of amides is 3. The van der Waals surface area contributed by atoms with Crippen molar-refractivity contribution in [1.29, 1.82) is 0 Å². The zero-order valence-electron chi connectivity index (χ0n) is 15.1. The molecule has 0 aliphatic carbocycles. The van der Waals surface area contributed by atoms with E-state index in [0.717, 1.165) is 29.2 Å². The van der Waals surface area contributed by atoms with Gasteiger partial charge in [0.1, 0.15) is 6.54 Å². The fraction of sp³-hybridized carbons (Fsp3) is 0.211. The SMILES string of the molecule is CC(=O)Nc1cccc(NC(=O)CN(C(C)=O)c2ccc(C(F)(F)F)cc2)c1. The molecular weight excluding hydrogens is 375 g/mol. The molecule has 0 saturated carbocycles. The Morgan fingerprint density at radius 2 is 1.50 bits per heavy atom. The van der Waals surface area contributed by atoms with Gasteiger partial charge in [0.05, 0.1) is 5.56 Å². The van der Waals surface area contributed by atoms with Crippen LogP contribution in [0.3, 0.4) is 0 Å². The summed E-state index contributed by atoms with van der Waals surface area (Å²) in [4.78, 5) is 36.3. The number of hydrogen-bond acceptors (Lipinski definition) is 3. The molecule has 9 heteroatoms. The number of nitrogens with zero attached hydrogens (tertiary/aromatic N) is 1. The molecule has 3 amide bonds. The van der Waals surface area contributed by atoms with Crippen LogP contribution in [-0.4, -0.2) is 24.3 Å². The summed E-state index contributed by atoms with van der Waals surface area (Å²) in [5.74, 6) is -1.31. The number of alkyl halides is 3. The van der Waals surface area contributed by atoms with Gasteiger partial charge in [0, 0.05) is 30.9 Å². The van der Waals surface area contributed by atoms with Gasteiger partial charge in [0.2, 0.25) is 17.7 Å². The van der Waals surface area contributed by atoms with E-state index in [0.29, 0.717) is 11.4 Å². The standard InChI is InChI=1S/C19H18F3N3O3/c1-12(26)23-15-4-3-5-16(10-15)24-18(28)11-25(13(2)27)17-8-6-14(7-9-17)19(20,21)22/h3-10H,11H2,1-2H3,(H,23,26)(H,24,28). The fourth-order valence-corrected chi connectivity index (χ4v) is 2.44. The van der Waals surface area contributed by atoms with Crippen LogP contribution in [0.15, 0.2) is 48.5 Å². The molecular formula is C19H18F3N3O3. The second-order valence-corrected chi connectivity index (χ2v) is 5.96. The van der Waals surface area contributed by atoms with E-state index in [9.17, 15) is 27.6 Å². The first-order valence-corrected chi connectivity index (χ1v) is 8.19. The van der Waals surface area contributed by atoms with Crippen LogP contribution in [0.1, 0.15) is 19.4 Å². The van der Waals surface area contributed by atoms with E-state index in [1.165, 1.54) is 19.9 Å². The summed E-state index contributed by atoms with van der Waals surface area (Å²) in [6.45, 7) is 2.17. The summed E-state index contributed by atoms with van der Waals surface area (Å²) in [6.07, 6.45) is -4.49. The second-order valence-electron chi connectivity index (χ2n) is 5.96. The van der Waals surface area contributed by atoms with Crippen LogP contribution in [0.5, 0.6) is 0 Å². The van der Waals surface area contributed by atoms with Crippen molar-refractivity contribution in [1.82, 2.24) is 0 Å². The van der Waals surface area contributed by atoms with Crippen LogP contribution in [0.25, 0.3) is 0 Å². The smallest absolute Gasteiger partial charge is 0.326 e. The van der Waals surface area contributed by atoms with E-state index >= 15 is 0 Å². The van der Waals surface area contributed by atoms with E-state index in [2.05, 4.69) is 10.6 Å². The van der Waals surface area contributed by atoms with Crippen molar-refractivity contribution in [3.63, 3.8) is 0 Å². The first-order chi connectivity index (χ1) is 13.1. The largest absolute Gasteiger partial charge is 0.416 e. The van der Waals surface area contributed by atoms with Gasteiger partial charge in [-0.25, -0.2) is 0 Å². The Hall–Kier alpha value is -3.36. The Labute approximate surface area is 159 Å². The number of halogens is 3. The molecule has 28 heavy (non-hydrogen) atoms. The first-order valence-electron chi connectivity index (χ1n) is 8.19. The van der Waals surface area contributed by atoms with Gasteiger partial charge in [-0.2, -0.15) is 13.2 Å². The van der Waals surface area contributed by atoms with Crippen molar-refractivity contribution in [2.45, 2.75) is 20.0 Å². The van der Waals surface area contributed by atoms with E-state index in [1.807, 2.05) is 0 Å². The number of carbonyl (C=O) groups is 3. The maximum Gasteiger partial charge on any atom is 0.416 e. The predicted octanol–water partition coefficient (Wildman–Crippen LogP) is 3.66. The van der Waals surface area contributed by atoms with Crippen molar-refractivity contribution in [3.8, 4) is 0 Å². The summed E-state index contributed by atoms with van der Waals surface area (Å²) in [5, 5.41) is 5.16. The topological polar surface area (TPSA) is 78.5 Å². The van der Waals surface area contributed by atoms with E-state index < -0.39 is 23.6 Å². The van der Waals surface area contributed by atoms with E-state index in [-0.39, 0.29) is 18.1 Å². The maximum absolute atomic E-state index is 12.7. The molecule has 0 radical (unpaired) electrons. The molecule has 6 nitrogen and oxygen atoms in total. The van der Waals surface area contributed by atoms with Crippen molar-refractivity contribution < 1.29 is 27.6 Å². The molecule has 148 valence electrons. The van der Waals surface area contributed by atoms with Gasteiger partial charge in [0.15, 0.2) is 0 Å². The van der Waals surface area contributed by atoms with Crippen molar-refractivity contribution >= 4 is 34.8 Å². The van der Waals surface area contributed by atoms with Crippen molar-refractivity contribution in [2.75, 3.05) is 22.1 Å². The third-order valence-corrected chi connectivity index (χ3v) is 3.65. The highest BCUT2D eigenvalue weighted by Crippen LogP contribution is 2.30. The quantitative estimate of drug-likeness (QED) is 0.814. The van der Waals surface area contributed by atoms with Crippen LogP contribution < -0.4 is 15.5 Å². The lowest BCUT2D eigenvalue weighted by atomic mass is 10.2. The lowest BCUT2D eigenvalue weighted by molar-refractivity contribution is -0.137. The Bertz CT molecular complexity index is 880. The summed E-state index contributed by atoms with van der Waals surface area (Å²) in [6, 6.07) is 10.4. The molecule has 2 aromatic carbocycles. The summed E-state index contributed by atoms with van der Waals surface area (Å²) in [7, 11) is 0. The highest BCUT2D eigenvalue weighted by atomic mass is 19.4. The van der Waals surface area contributed by atoms with Gasteiger partial charge in [-0.1, -0.05) is 6.07 Å². The molecule has 0 aromatic heterocycles. The van der Waals surface area contributed by atoms with E-state index in [1.54, 1.807) is 18.2 Å². The summed E-state index contributed by atoms with van der Waals surface area (Å²) < 4.78 is 38.0. The highest BCUT2D eigenvalue weighted by Gasteiger charge is 2.30. The molecule has 0 unspecified atom stereocenters. The molecule has 2 aromatic rings. The third-order valence-electron chi connectivity index (χ3n) is 3.65. The Morgan fingerprint density at radius 1 is 0.929 bits per heavy atom. The van der Waals surface area contributed by atoms with Gasteiger partial charge in [-0.15, -0.1) is 0 Å². The van der Waals surface area contributed by atoms with Gasteiger partial charge >= 0.3 is 6.18 Å². The fourth-order valence-electron chi connectivity index (χ4n) is 2.44. The van der Waals surface area contributed by atoms with Crippen LogP contribution in [-0.2, 0) is 20.6 Å². The summed E-state index contributed by atoms with van der Waals surface area (Å²) in [5.41, 5.74) is 0.199. The van der Waals surface area contributed by atoms with Crippen LogP contribution >= 0.6 is 0 Å². The second kappa shape index (κ2) is 8.55. The zero-order chi connectivity index (χ0) is 20.9. The molecule has 0 saturated heterocycles. The maximum atomic E-state index is 12.7. The van der Waals surface area contributed by atoms with Gasteiger partial charge < -0.3 is 15.5 Å². The minimum absolute atomic E-state index is 0.169. The number of anilines is 3.